The summed E-state index contributed by atoms with van der Waals surface area (Å²) in [5.41, 5.74) is -0.682. The molecule has 8 heteroatoms. The van der Waals surface area contributed by atoms with Crippen LogP contribution in [0.1, 0.15) is 30.6 Å². The van der Waals surface area contributed by atoms with Crippen LogP contribution in [0.3, 0.4) is 0 Å². The van der Waals surface area contributed by atoms with E-state index in [-0.39, 0.29) is 11.7 Å². The maximum atomic E-state index is 13.5. The number of rotatable bonds is 3. The van der Waals surface area contributed by atoms with Crippen molar-refractivity contribution in [2.75, 3.05) is 6.61 Å². The Bertz CT molecular complexity index is 679. The molecule has 1 amide bonds. The largest absolute Gasteiger partial charge is 0.376 e. The number of amides is 1. The Labute approximate surface area is 126 Å². The van der Waals surface area contributed by atoms with Crippen LogP contribution >= 0.6 is 10.7 Å². The average Bonchev–Trinajstić information content (AvgIpc) is 2.67. The van der Waals surface area contributed by atoms with Crippen LogP contribution in [0.2, 0.25) is 0 Å². The fourth-order valence-corrected chi connectivity index (χ4v) is 2.95. The van der Waals surface area contributed by atoms with Crippen molar-refractivity contribution in [2.45, 2.75) is 36.8 Å². The van der Waals surface area contributed by atoms with Crippen molar-refractivity contribution in [1.29, 1.82) is 0 Å². The predicted molar refractivity (Wildman–Crippen MR) is 75.3 cm³/mol. The Balaban J connectivity index is 2.30. The first kappa shape index (κ1) is 16.2. The molecule has 0 saturated carbocycles. The third-order valence-corrected chi connectivity index (χ3v) is 5.03. The number of hydrogen-bond donors (Lipinski definition) is 1. The molecular formula is C13H15ClFNO4S. The van der Waals surface area contributed by atoms with E-state index < -0.39 is 31.2 Å². The van der Waals surface area contributed by atoms with Gasteiger partial charge >= 0.3 is 0 Å². The zero-order valence-electron chi connectivity index (χ0n) is 11.5. The maximum Gasteiger partial charge on any atom is 0.261 e. The molecule has 1 aliphatic heterocycles. The van der Waals surface area contributed by atoms with E-state index in [1.54, 1.807) is 0 Å². The van der Waals surface area contributed by atoms with Crippen LogP contribution < -0.4 is 5.32 Å². The van der Waals surface area contributed by atoms with Gasteiger partial charge in [-0.05, 0) is 38.5 Å². The van der Waals surface area contributed by atoms with Gasteiger partial charge in [0.05, 0.1) is 16.5 Å². The second-order valence-corrected chi connectivity index (χ2v) is 7.81. The number of hydrogen-bond acceptors (Lipinski definition) is 4. The van der Waals surface area contributed by atoms with Gasteiger partial charge < -0.3 is 10.1 Å². The van der Waals surface area contributed by atoms with Gasteiger partial charge in [-0.1, -0.05) is 0 Å². The lowest BCUT2D eigenvalue weighted by atomic mass is 9.94. The van der Waals surface area contributed by atoms with Crippen molar-refractivity contribution in [2.24, 2.45) is 0 Å². The lowest BCUT2D eigenvalue weighted by molar-refractivity contribution is 0.0727. The number of halogens is 2. The second kappa shape index (κ2) is 5.55. The highest BCUT2D eigenvalue weighted by Crippen LogP contribution is 2.26. The van der Waals surface area contributed by atoms with Crippen LogP contribution in [0.4, 0.5) is 4.39 Å². The minimum atomic E-state index is -4.11. The Morgan fingerprint density at radius 3 is 2.67 bits per heavy atom. The standard InChI is InChI=1S/C13H15ClFNO4S/c1-8-13(2,3-4-20-8)16-12(17)9-5-10(15)7-11(6-9)21(14,18)19/h5-8H,3-4H2,1-2H3,(H,16,17). The van der Waals surface area contributed by atoms with Gasteiger partial charge in [0.25, 0.3) is 15.0 Å². The van der Waals surface area contributed by atoms with E-state index in [2.05, 4.69) is 5.32 Å². The predicted octanol–water partition coefficient (Wildman–Crippen LogP) is 2.05. The Morgan fingerprint density at radius 2 is 2.14 bits per heavy atom. The van der Waals surface area contributed by atoms with Crippen LogP contribution in [0, 0.1) is 5.82 Å². The first-order valence-corrected chi connectivity index (χ1v) is 8.62. The monoisotopic (exact) mass is 335 g/mol. The van der Waals surface area contributed by atoms with Crippen LogP contribution in [0.15, 0.2) is 23.1 Å². The topological polar surface area (TPSA) is 72.5 Å². The van der Waals surface area contributed by atoms with Crippen molar-refractivity contribution >= 4 is 25.6 Å². The molecule has 0 spiro atoms. The fraction of sp³-hybridized carbons (Fsp3) is 0.462. The summed E-state index contributed by atoms with van der Waals surface area (Å²) in [6.07, 6.45) is 0.432. The minimum absolute atomic E-state index is 0.102. The van der Waals surface area contributed by atoms with Gasteiger partial charge in [-0.15, -0.1) is 0 Å². The molecule has 1 fully saturated rings. The zero-order chi connectivity index (χ0) is 15.8. The van der Waals surface area contributed by atoms with Gasteiger partial charge in [-0.2, -0.15) is 0 Å². The normalized spacial score (nSPS) is 25.8. The summed E-state index contributed by atoms with van der Waals surface area (Å²) in [4.78, 5) is 11.8. The highest BCUT2D eigenvalue weighted by atomic mass is 35.7. The number of ether oxygens (including phenoxy) is 1. The van der Waals surface area contributed by atoms with E-state index in [1.807, 2.05) is 13.8 Å². The zero-order valence-corrected chi connectivity index (χ0v) is 13.1. The van der Waals surface area contributed by atoms with Crippen molar-refractivity contribution in [3.05, 3.63) is 29.6 Å². The molecule has 1 aromatic rings. The van der Waals surface area contributed by atoms with Crippen molar-refractivity contribution < 1.29 is 22.3 Å². The van der Waals surface area contributed by atoms with Crippen molar-refractivity contribution in [3.63, 3.8) is 0 Å². The Hall–Kier alpha value is -1.18. The van der Waals surface area contributed by atoms with E-state index >= 15 is 0 Å². The fourth-order valence-electron chi connectivity index (χ4n) is 2.17. The maximum absolute atomic E-state index is 13.5. The van der Waals surface area contributed by atoms with Crippen molar-refractivity contribution in [3.8, 4) is 0 Å². The smallest absolute Gasteiger partial charge is 0.261 e. The molecule has 2 rings (SSSR count). The molecule has 21 heavy (non-hydrogen) atoms. The summed E-state index contributed by atoms with van der Waals surface area (Å²) >= 11 is 0. The highest BCUT2D eigenvalue weighted by molar-refractivity contribution is 8.13. The summed E-state index contributed by atoms with van der Waals surface area (Å²) in [7, 11) is 1.07. The van der Waals surface area contributed by atoms with Gasteiger partial charge in [0.2, 0.25) is 0 Å². The molecule has 1 N–H and O–H groups in total. The molecule has 2 unspecified atom stereocenters. The number of nitrogens with one attached hydrogen (secondary N) is 1. The summed E-state index contributed by atoms with van der Waals surface area (Å²) in [5, 5.41) is 2.76. The van der Waals surface area contributed by atoms with Gasteiger partial charge in [-0.3, -0.25) is 4.79 Å². The molecule has 1 saturated heterocycles. The first-order valence-electron chi connectivity index (χ1n) is 6.31. The minimum Gasteiger partial charge on any atom is -0.376 e. The molecule has 0 aliphatic carbocycles. The number of carbonyl (C=O) groups excluding carboxylic acids is 1. The van der Waals surface area contributed by atoms with E-state index in [0.717, 1.165) is 18.2 Å². The van der Waals surface area contributed by atoms with Crippen LogP contribution in [0.5, 0.6) is 0 Å². The molecule has 1 aromatic carbocycles. The lowest BCUT2D eigenvalue weighted by Gasteiger charge is -2.28. The molecule has 1 heterocycles. The van der Waals surface area contributed by atoms with Gasteiger partial charge in [0.1, 0.15) is 5.82 Å². The van der Waals surface area contributed by atoms with E-state index in [9.17, 15) is 17.6 Å². The molecule has 0 aromatic heterocycles. The van der Waals surface area contributed by atoms with E-state index in [0.29, 0.717) is 13.0 Å². The molecule has 0 radical (unpaired) electrons. The van der Waals surface area contributed by atoms with Gasteiger partial charge in [0.15, 0.2) is 0 Å². The Kier molecular flexibility index (Phi) is 4.28. The molecule has 116 valence electrons. The molecule has 5 nitrogen and oxygen atoms in total. The summed E-state index contributed by atoms with van der Waals surface area (Å²) in [5.74, 6) is -1.42. The summed E-state index contributed by atoms with van der Waals surface area (Å²) in [6, 6.07) is 2.78. The molecule has 1 aliphatic rings. The third-order valence-electron chi connectivity index (χ3n) is 3.70. The van der Waals surface area contributed by atoms with E-state index in [4.69, 9.17) is 15.4 Å². The second-order valence-electron chi connectivity index (χ2n) is 5.25. The molecule has 2 atom stereocenters. The molecular weight excluding hydrogens is 321 g/mol. The van der Waals surface area contributed by atoms with Crippen LogP contribution in [0.25, 0.3) is 0 Å². The number of benzene rings is 1. The quantitative estimate of drug-likeness (QED) is 0.858. The van der Waals surface area contributed by atoms with Crippen molar-refractivity contribution in [1.82, 2.24) is 5.32 Å². The van der Waals surface area contributed by atoms with Crippen LogP contribution in [-0.2, 0) is 13.8 Å². The molecule has 0 bridgehead atoms. The SMILES string of the molecule is CC1OCCC1(C)NC(=O)c1cc(F)cc(S(=O)(=O)Cl)c1. The number of carbonyl (C=O) groups is 1. The summed E-state index contributed by atoms with van der Waals surface area (Å²) < 4.78 is 41.4. The highest BCUT2D eigenvalue weighted by Gasteiger charge is 2.38. The van der Waals surface area contributed by atoms with Crippen LogP contribution in [-0.4, -0.2) is 32.6 Å². The Morgan fingerprint density at radius 1 is 1.48 bits per heavy atom. The lowest BCUT2D eigenvalue weighted by Crippen LogP contribution is -2.50. The third kappa shape index (κ3) is 3.53. The summed E-state index contributed by atoms with van der Waals surface area (Å²) in [6.45, 7) is 4.16. The van der Waals surface area contributed by atoms with Gasteiger partial charge in [-0.25, -0.2) is 12.8 Å². The average molecular weight is 336 g/mol. The van der Waals surface area contributed by atoms with E-state index in [1.165, 1.54) is 0 Å². The first-order chi connectivity index (χ1) is 9.62. The van der Waals surface area contributed by atoms with Gasteiger partial charge in [0, 0.05) is 22.9 Å².